The van der Waals surface area contributed by atoms with Crippen molar-refractivity contribution >= 4 is 34.1 Å². The minimum Gasteiger partial charge on any atom is -0.478 e. The Morgan fingerprint density at radius 2 is 2.00 bits per heavy atom. The summed E-state index contributed by atoms with van der Waals surface area (Å²) in [7, 11) is 0. The lowest BCUT2D eigenvalue weighted by atomic mass is 10.1. The first kappa shape index (κ1) is 12.2. The maximum Gasteiger partial charge on any atom is 0.335 e. The highest BCUT2D eigenvalue weighted by Crippen LogP contribution is 2.10. The molecule has 0 amide bonds. The van der Waals surface area contributed by atoms with E-state index in [2.05, 4.69) is 0 Å². The van der Waals surface area contributed by atoms with Crippen molar-refractivity contribution in [2.24, 2.45) is 0 Å². The van der Waals surface area contributed by atoms with Gasteiger partial charge in [-0.05, 0) is 31.0 Å². The highest BCUT2D eigenvalue weighted by atomic mass is 32.2. The van der Waals surface area contributed by atoms with Crippen LogP contribution in [0.15, 0.2) is 24.3 Å². The maximum atomic E-state index is 10.6. The second-order valence-corrected chi connectivity index (χ2v) is 5.27. The predicted octanol–water partition coefficient (Wildman–Crippen LogP) is 3.01. The van der Waals surface area contributed by atoms with Crippen molar-refractivity contribution in [3.8, 4) is 0 Å². The maximum absolute atomic E-state index is 10.6. The molecule has 0 fully saturated rings. The van der Waals surface area contributed by atoms with E-state index in [1.54, 1.807) is 23.9 Å². The van der Waals surface area contributed by atoms with E-state index in [4.69, 9.17) is 17.3 Å². The third kappa shape index (κ3) is 4.44. The van der Waals surface area contributed by atoms with Gasteiger partial charge in [-0.2, -0.15) is 0 Å². The lowest BCUT2D eigenvalue weighted by Gasteiger charge is -2.01. The topological polar surface area (TPSA) is 37.3 Å². The van der Waals surface area contributed by atoms with Gasteiger partial charge in [0.1, 0.15) is 0 Å². The molecule has 0 aromatic heterocycles. The molecule has 2 nitrogen and oxygen atoms in total. The molecule has 80 valence electrons. The molecule has 0 aliphatic heterocycles. The summed E-state index contributed by atoms with van der Waals surface area (Å²) in [4.78, 5) is 10.6. The molecule has 0 radical (unpaired) electrons. The fraction of sp³-hybridized carbons (Fsp3) is 0.273. The molecule has 1 N–H and O–H groups in total. The molecular formula is C11H12O2S2. The fourth-order valence-corrected chi connectivity index (χ4v) is 2.00. The Hall–Kier alpha value is -0.870. The molecular weight excluding hydrogens is 228 g/mol. The summed E-state index contributed by atoms with van der Waals surface area (Å²) >= 11 is 6.60. The quantitative estimate of drug-likeness (QED) is 0.821. The van der Waals surface area contributed by atoms with E-state index in [0.29, 0.717) is 5.56 Å². The number of hydrogen-bond acceptors (Lipinski definition) is 3. The monoisotopic (exact) mass is 240 g/mol. The SMILES string of the molecule is CC(=S)SCCc1ccc(C(=O)O)cc1. The van der Waals surface area contributed by atoms with E-state index in [1.807, 2.05) is 19.1 Å². The van der Waals surface area contributed by atoms with Gasteiger partial charge in [0.25, 0.3) is 0 Å². The third-order valence-electron chi connectivity index (χ3n) is 1.90. The fourth-order valence-electron chi connectivity index (χ4n) is 1.13. The molecule has 1 aromatic carbocycles. The van der Waals surface area contributed by atoms with E-state index in [-0.39, 0.29) is 0 Å². The van der Waals surface area contributed by atoms with Crippen LogP contribution in [0.3, 0.4) is 0 Å². The summed E-state index contributed by atoms with van der Waals surface area (Å²) < 4.78 is 0.942. The van der Waals surface area contributed by atoms with Crippen LogP contribution in [0.1, 0.15) is 22.8 Å². The van der Waals surface area contributed by atoms with Gasteiger partial charge in [0.2, 0.25) is 0 Å². The van der Waals surface area contributed by atoms with E-state index in [9.17, 15) is 4.79 Å². The van der Waals surface area contributed by atoms with Crippen LogP contribution in [0.5, 0.6) is 0 Å². The molecule has 0 saturated heterocycles. The molecule has 4 heteroatoms. The Morgan fingerprint density at radius 1 is 1.40 bits per heavy atom. The minimum absolute atomic E-state index is 0.331. The Bertz CT molecular complexity index is 357. The standard InChI is InChI=1S/C11H12O2S2/c1-8(14)15-7-6-9-2-4-10(5-3-9)11(12)13/h2-5H,6-7H2,1H3,(H,12,13). The van der Waals surface area contributed by atoms with Crippen molar-refractivity contribution in [2.75, 3.05) is 5.75 Å². The first-order chi connectivity index (χ1) is 7.09. The molecule has 15 heavy (non-hydrogen) atoms. The van der Waals surface area contributed by atoms with Crippen LogP contribution in [-0.4, -0.2) is 21.0 Å². The normalized spacial score (nSPS) is 9.93. The molecule has 0 spiro atoms. The van der Waals surface area contributed by atoms with Crippen molar-refractivity contribution in [1.82, 2.24) is 0 Å². The molecule has 0 bridgehead atoms. The zero-order valence-electron chi connectivity index (χ0n) is 8.40. The Balaban J connectivity index is 2.50. The van der Waals surface area contributed by atoms with E-state index in [1.165, 1.54) is 0 Å². The Labute approximate surface area is 98.7 Å². The van der Waals surface area contributed by atoms with Gasteiger partial charge in [-0.25, -0.2) is 4.79 Å². The highest BCUT2D eigenvalue weighted by molar-refractivity contribution is 8.23. The first-order valence-corrected chi connectivity index (χ1v) is 5.94. The molecule has 1 rings (SSSR count). The van der Waals surface area contributed by atoms with Gasteiger partial charge in [0.05, 0.1) is 5.56 Å². The summed E-state index contributed by atoms with van der Waals surface area (Å²) in [6, 6.07) is 6.96. The summed E-state index contributed by atoms with van der Waals surface area (Å²) in [6.45, 7) is 1.91. The van der Waals surface area contributed by atoms with E-state index < -0.39 is 5.97 Å². The highest BCUT2D eigenvalue weighted by Gasteiger charge is 2.01. The van der Waals surface area contributed by atoms with Crippen LogP contribution in [0.25, 0.3) is 0 Å². The third-order valence-corrected chi connectivity index (χ3v) is 3.07. The van der Waals surface area contributed by atoms with Crippen LogP contribution >= 0.6 is 24.0 Å². The number of carbonyl (C=O) groups is 1. The summed E-state index contributed by atoms with van der Waals surface area (Å²) in [6.07, 6.45) is 0.915. The number of carboxylic acids is 1. The summed E-state index contributed by atoms with van der Waals surface area (Å²) in [5.41, 5.74) is 1.47. The lowest BCUT2D eigenvalue weighted by Crippen LogP contribution is -1.97. The molecule has 0 aliphatic carbocycles. The van der Waals surface area contributed by atoms with Crippen LogP contribution < -0.4 is 0 Å². The van der Waals surface area contributed by atoms with Crippen LogP contribution in [-0.2, 0) is 6.42 Å². The number of rotatable bonds is 4. The van der Waals surface area contributed by atoms with Gasteiger partial charge in [0, 0.05) is 9.95 Å². The Kier molecular flexibility index (Phi) is 4.78. The molecule has 0 atom stereocenters. The van der Waals surface area contributed by atoms with Crippen molar-refractivity contribution in [1.29, 1.82) is 0 Å². The molecule has 1 aromatic rings. The number of benzene rings is 1. The smallest absolute Gasteiger partial charge is 0.335 e. The van der Waals surface area contributed by atoms with Crippen LogP contribution in [0.4, 0.5) is 0 Å². The van der Waals surface area contributed by atoms with Gasteiger partial charge in [0.15, 0.2) is 0 Å². The number of thioether (sulfide) groups is 1. The van der Waals surface area contributed by atoms with Crippen LogP contribution in [0.2, 0.25) is 0 Å². The zero-order chi connectivity index (χ0) is 11.3. The number of hydrogen-bond donors (Lipinski definition) is 1. The minimum atomic E-state index is -0.884. The van der Waals surface area contributed by atoms with Gasteiger partial charge >= 0.3 is 5.97 Å². The number of thiocarbonyl (C=S) groups is 1. The van der Waals surface area contributed by atoms with Crippen molar-refractivity contribution in [2.45, 2.75) is 13.3 Å². The average Bonchev–Trinajstić information content (AvgIpc) is 2.18. The largest absolute Gasteiger partial charge is 0.478 e. The summed E-state index contributed by atoms with van der Waals surface area (Å²) in [5, 5.41) is 8.70. The number of carboxylic acid groups (broad SMARTS) is 1. The van der Waals surface area contributed by atoms with Crippen LogP contribution in [0, 0.1) is 0 Å². The van der Waals surface area contributed by atoms with Gasteiger partial charge in [-0.1, -0.05) is 24.4 Å². The van der Waals surface area contributed by atoms with Crippen molar-refractivity contribution in [3.05, 3.63) is 35.4 Å². The van der Waals surface area contributed by atoms with Gasteiger partial charge in [-0.3, -0.25) is 0 Å². The van der Waals surface area contributed by atoms with Crippen molar-refractivity contribution < 1.29 is 9.90 Å². The first-order valence-electron chi connectivity index (χ1n) is 4.55. The molecule has 0 saturated carbocycles. The molecule has 0 heterocycles. The molecule has 0 unspecified atom stereocenters. The summed E-state index contributed by atoms with van der Waals surface area (Å²) in [5.74, 6) is 0.0625. The molecule has 0 aliphatic rings. The van der Waals surface area contributed by atoms with E-state index >= 15 is 0 Å². The Morgan fingerprint density at radius 3 is 2.47 bits per heavy atom. The average molecular weight is 240 g/mol. The predicted molar refractivity (Wildman–Crippen MR) is 67.8 cm³/mol. The van der Waals surface area contributed by atoms with Gasteiger partial charge < -0.3 is 5.11 Å². The zero-order valence-corrected chi connectivity index (χ0v) is 10.0. The van der Waals surface area contributed by atoms with E-state index in [0.717, 1.165) is 21.9 Å². The lowest BCUT2D eigenvalue weighted by molar-refractivity contribution is 0.0697. The number of aromatic carboxylic acids is 1. The van der Waals surface area contributed by atoms with Crippen molar-refractivity contribution in [3.63, 3.8) is 0 Å². The second kappa shape index (κ2) is 5.88. The number of aryl methyl sites for hydroxylation is 1. The van der Waals surface area contributed by atoms with Gasteiger partial charge in [-0.15, -0.1) is 11.8 Å². The second-order valence-electron chi connectivity index (χ2n) is 3.09.